The van der Waals surface area contributed by atoms with Crippen LogP contribution in [0, 0.1) is 19.8 Å². The van der Waals surface area contributed by atoms with Gasteiger partial charge in [-0.2, -0.15) is 0 Å². The maximum Gasteiger partial charge on any atom is 0.0109 e. The highest BCUT2D eigenvalue weighted by molar-refractivity contribution is 5.39. The topological polar surface area (TPSA) is 12.0 Å². The van der Waals surface area contributed by atoms with Gasteiger partial charge in [0.2, 0.25) is 0 Å². The minimum atomic E-state index is 0.432. The largest absolute Gasteiger partial charge is 0.316 e. The molecule has 2 atom stereocenters. The summed E-state index contributed by atoms with van der Waals surface area (Å²) in [5.41, 5.74) is 4.79. The van der Waals surface area contributed by atoms with Crippen LogP contribution >= 0.6 is 0 Å². The molecule has 2 unspecified atom stereocenters. The molecule has 2 rings (SSSR count). The van der Waals surface area contributed by atoms with Gasteiger partial charge in [-0.25, -0.2) is 0 Å². The molecule has 1 aromatic carbocycles. The van der Waals surface area contributed by atoms with E-state index < -0.39 is 0 Å². The minimum absolute atomic E-state index is 0.432. The average Bonchev–Trinajstić information content (AvgIpc) is 3.00. The molecular formula is C16H25N. The van der Waals surface area contributed by atoms with E-state index >= 15 is 0 Å². The Kier molecular flexibility index (Phi) is 3.58. The maximum atomic E-state index is 3.55. The van der Waals surface area contributed by atoms with E-state index in [4.69, 9.17) is 0 Å². The van der Waals surface area contributed by atoms with Gasteiger partial charge in [0.1, 0.15) is 0 Å². The summed E-state index contributed by atoms with van der Waals surface area (Å²) in [7, 11) is 0. The molecule has 1 nitrogen and oxygen atoms in total. The second kappa shape index (κ2) is 4.81. The molecule has 1 heteroatoms. The first-order valence-corrected chi connectivity index (χ1v) is 6.92. The molecule has 0 spiro atoms. The van der Waals surface area contributed by atoms with Crippen LogP contribution in [0.2, 0.25) is 0 Å². The van der Waals surface area contributed by atoms with Crippen LogP contribution < -0.4 is 5.32 Å². The molecule has 0 aliphatic heterocycles. The Hall–Kier alpha value is -0.820. The highest BCUT2D eigenvalue weighted by Gasteiger charge is 2.53. The van der Waals surface area contributed by atoms with Crippen LogP contribution in [0.3, 0.4) is 0 Å². The van der Waals surface area contributed by atoms with Crippen LogP contribution in [0.4, 0.5) is 0 Å². The Morgan fingerprint density at radius 2 is 1.82 bits per heavy atom. The monoisotopic (exact) mass is 231 g/mol. The molecule has 1 saturated carbocycles. The van der Waals surface area contributed by atoms with Gasteiger partial charge < -0.3 is 5.32 Å². The van der Waals surface area contributed by atoms with Crippen molar-refractivity contribution in [1.29, 1.82) is 0 Å². The molecular weight excluding hydrogens is 206 g/mol. The predicted octanol–water partition coefficient (Wildman–Crippen LogP) is 3.58. The maximum absolute atomic E-state index is 3.55. The zero-order valence-corrected chi connectivity index (χ0v) is 11.6. The lowest BCUT2D eigenvalue weighted by Crippen LogP contribution is -2.28. The highest BCUT2D eigenvalue weighted by atomic mass is 14.9. The Morgan fingerprint density at radius 3 is 2.29 bits per heavy atom. The summed E-state index contributed by atoms with van der Waals surface area (Å²) in [5.74, 6) is 0.878. The van der Waals surface area contributed by atoms with Crippen LogP contribution in [0.25, 0.3) is 0 Å². The molecule has 0 aromatic heterocycles. The molecule has 0 bridgehead atoms. The molecule has 94 valence electrons. The second-order valence-corrected chi connectivity index (χ2v) is 5.62. The first kappa shape index (κ1) is 12.6. The van der Waals surface area contributed by atoms with E-state index in [1.807, 2.05) is 0 Å². The molecule has 0 saturated heterocycles. The van der Waals surface area contributed by atoms with E-state index in [0.29, 0.717) is 5.41 Å². The van der Waals surface area contributed by atoms with Crippen molar-refractivity contribution in [2.24, 2.45) is 5.92 Å². The fourth-order valence-corrected chi connectivity index (χ4v) is 3.20. The SMILES string of the molecule is CCNCC1(c2cc(C)cc(C)c2)CC1CC. The zero-order valence-electron chi connectivity index (χ0n) is 11.6. The Morgan fingerprint density at radius 1 is 1.18 bits per heavy atom. The van der Waals surface area contributed by atoms with Gasteiger partial charge in [-0.1, -0.05) is 49.6 Å². The number of nitrogens with one attached hydrogen (secondary N) is 1. The number of hydrogen-bond acceptors (Lipinski definition) is 1. The van der Waals surface area contributed by atoms with Crippen molar-refractivity contribution in [3.63, 3.8) is 0 Å². The quantitative estimate of drug-likeness (QED) is 0.816. The predicted molar refractivity (Wildman–Crippen MR) is 74.5 cm³/mol. The third kappa shape index (κ3) is 2.40. The molecule has 0 radical (unpaired) electrons. The Bertz CT molecular complexity index is 376. The first-order valence-electron chi connectivity index (χ1n) is 6.92. The van der Waals surface area contributed by atoms with E-state index in [0.717, 1.165) is 19.0 Å². The minimum Gasteiger partial charge on any atom is -0.316 e. The third-order valence-corrected chi connectivity index (χ3v) is 4.21. The van der Waals surface area contributed by atoms with Crippen molar-refractivity contribution < 1.29 is 0 Å². The molecule has 17 heavy (non-hydrogen) atoms. The summed E-state index contributed by atoms with van der Waals surface area (Å²) < 4.78 is 0. The summed E-state index contributed by atoms with van der Waals surface area (Å²) in [5, 5.41) is 3.55. The molecule has 0 heterocycles. The lowest BCUT2D eigenvalue weighted by Gasteiger charge is -2.19. The lowest BCUT2D eigenvalue weighted by molar-refractivity contribution is 0.533. The van der Waals surface area contributed by atoms with Crippen LogP contribution in [-0.2, 0) is 5.41 Å². The van der Waals surface area contributed by atoms with Crippen molar-refractivity contribution in [2.45, 2.75) is 46.0 Å². The lowest BCUT2D eigenvalue weighted by atomic mass is 9.90. The van der Waals surface area contributed by atoms with Crippen LogP contribution in [0.15, 0.2) is 18.2 Å². The molecule has 1 aliphatic rings. The number of rotatable bonds is 5. The second-order valence-electron chi connectivity index (χ2n) is 5.62. The number of benzene rings is 1. The van der Waals surface area contributed by atoms with Gasteiger partial charge in [-0.05, 0) is 38.3 Å². The van der Waals surface area contributed by atoms with Crippen molar-refractivity contribution in [2.75, 3.05) is 13.1 Å². The first-order chi connectivity index (χ1) is 8.12. The standard InChI is InChI=1S/C16H25N/c1-5-14-10-16(14,11-17-6-2)15-8-12(3)7-13(4)9-15/h7-9,14,17H,5-6,10-11H2,1-4H3. The van der Waals surface area contributed by atoms with E-state index in [2.05, 4.69) is 51.2 Å². The molecule has 1 aromatic rings. The van der Waals surface area contributed by atoms with Gasteiger partial charge in [-0.3, -0.25) is 0 Å². The molecule has 1 aliphatic carbocycles. The van der Waals surface area contributed by atoms with Gasteiger partial charge >= 0.3 is 0 Å². The average molecular weight is 231 g/mol. The smallest absolute Gasteiger partial charge is 0.0109 e. The fraction of sp³-hybridized carbons (Fsp3) is 0.625. The van der Waals surface area contributed by atoms with Gasteiger partial charge in [0.25, 0.3) is 0 Å². The Labute approximate surface area is 106 Å². The van der Waals surface area contributed by atoms with Crippen molar-refractivity contribution in [3.8, 4) is 0 Å². The summed E-state index contributed by atoms with van der Waals surface area (Å²) >= 11 is 0. The molecule has 1 fully saturated rings. The molecule has 0 amide bonds. The molecule has 1 N–H and O–H groups in total. The number of likely N-dealkylation sites (N-methyl/N-ethyl adjacent to an activating group) is 1. The van der Waals surface area contributed by atoms with E-state index in [-0.39, 0.29) is 0 Å². The van der Waals surface area contributed by atoms with Crippen molar-refractivity contribution in [1.82, 2.24) is 5.32 Å². The van der Waals surface area contributed by atoms with Crippen LogP contribution in [0.5, 0.6) is 0 Å². The van der Waals surface area contributed by atoms with Crippen molar-refractivity contribution in [3.05, 3.63) is 34.9 Å². The van der Waals surface area contributed by atoms with Gasteiger partial charge in [0.15, 0.2) is 0 Å². The fourth-order valence-electron chi connectivity index (χ4n) is 3.20. The van der Waals surface area contributed by atoms with Gasteiger partial charge in [0, 0.05) is 12.0 Å². The number of aryl methyl sites for hydroxylation is 2. The Balaban J connectivity index is 2.27. The summed E-state index contributed by atoms with van der Waals surface area (Å²) in [6, 6.07) is 7.05. The van der Waals surface area contributed by atoms with Crippen LogP contribution in [-0.4, -0.2) is 13.1 Å². The highest BCUT2D eigenvalue weighted by Crippen LogP contribution is 2.55. The van der Waals surface area contributed by atoms with Gasteiger partial charge in [-0.15, -0.1) is 0 Å². The third-order valence-electron chi connectivity index (χ3n) is 4.21. The van der Waals surface area contributed by atoms with E-state index in [1.54, 1.807) is 5.56 Å². The zero-order chi connectivity index (χ0) is 12.5. The van der Waals surface area contributed by atoms with Crippen molar-refractivity contribution >= 4 is 0 Å². The van der Waals surface area contributed by atoms with Crippen LogP contribution in [0.1, 0.15) is 43.4 Å². The van der Waals surface area contributed by atoms with E-state index in [1.165, 1.54) is 24.0 Å². The van der Waals surface area contributed by atoms with Gasteiger partial charge in [0.05, 0.1) is 0 Å². The van der Waals surface area contributed by atoms with E-state index in [9.17, 15) is 0 Å². The summed E-state index contributed by atoms with van der Waals surface area (Å²) in [6.07, 6.45) is 2.66. The normalized spacial score (nSPS) is 27.2. The summed E-state index contributed by atoms with van der Waals surface area (Å²) in [4.78, 5) is 0. The number of hydrogen-bond donors (Lipinski definition) is 1. The summed E-state index contributed by atoms with van der Waals surface area (Å²) in [6.45, 7) is 11.1.